The van der Waals surface area contributed by atoms with E-state index in [-0.39, 0.29) is 6.03 Å². The van der Waals surface area contributed by atoms with E-state index in [4.69, 9.17) is 0 Å². The average molecular weight is 351 g/mol. The zero-order valence-corrected chi connectivity index (χ0v) is 13.8. The van der Waals surface area contributed by atoms with Gasteiger partial charge in [-0.2, -0.15) is 4.68 Å². The number of aromatic nitrogens is 4. The molecule has 0 spiro atoms. The molecule has 0 bridgehead atoms. The first kappa shape index (κ1) is 17.2. The molecule has 1 saturated heterocycles. The number of amides is 2. The molecule has 1 N–H and O–H groups in total. The second-order valence-corrected chi connectivity index (χ2v) is 5.70. The van der Waals surface area contributed by atoms with Gasteiger partial charge in [-0.1, -0.05) is 0 Å². The molecule has 10 heteroatoms. The lowest BCUT2D eigenvalue weighted by Gasteiger charge is -2.34. The van der Waals surface area contributed by atoms with Crippen molar-refractivity contribution in [2.75, 3.05) is 32.7 Å². The van der Waals surface area contributed by atoms with E-state index >= 15 is 0 Å². The van der Waals surface area contributed by atoms with E-state index < -0.39 is 11.6 Å². The number of hydrogen-bond acceptors (Lipinski definition) is 5. The number of urea groups is 1. The highest BCUT2D eigenvalue weighted by Crippen LogP contribution is 2.14. The van der Waals surface area contributed by atoms with Gasteiger partial charge in [-0.05, 0) is 29.5 Å². The zero-order valence-electron chi connectivity index (χ0n) is 13.8. The number of nitrogens with one attached hydrogen (secondary N) is 1. The molecule has 0 radical (unpaired) electrons. The first-order valence-electron chi connectivity index (χ1n) is 8.06. The Morgan fingerprint density at radius 3 is 2.64 bits per heavy atom. The van der Waals surface area contributed by atoms with Crippen LogP contribution < -0.4 is 5.32 Å². The Bertz CT molecular complexity index is 743. The summed E-state index contributed by atoms with van der Waals surface area (Å²) in [6.45, 7) is 5.52. The molecular formula is C15H19F2N7O. The maximum Gasteiger partial charge on any atom is 0.317 e. The third kappa shape index (κ3) is 3.90. The van der Waals surface area contributed by atoms with Gasteiger partial charge in [0, 0.05) is 38.8 Å². The van der Waals surface area contributed by atoms with E-state index in [1.165, 1.54) is 10.7 Å². The first-order valence-corrected chi connectivity index (χ1v) is 8.06. The lowest BCUT2D eigenvalue weighted by molar-refractivity contribution is 0.133. The minimum Gasteiger partial charge on any atom is -0.338 e. The van der Waals surface area contributed by atoms with Crippen molar-refractivity contribution in [3.8, 4) is 5.69 Å². The highest BCUT2D eigenvalue weighted by Gasteiger charge is 2.22. The van der Waals surface area contributed by atoms with Crippen LogP contribution >= 0.6 is 0 Å². The van der Waals surface area contributed by atoms with Crippen LogP contribution in [-0.4, -0.2) is 68.8 Å². The van der Waals surface area contributed by atoms with Crippen LogP contribution in [0.15, 0.2) is 18.2 Å². The molecule has 0 aliphatic carbocycles. The molecule has 2 heterocycles. The van der Waals surface area contributed by atoms with Gasteiger partial charge in [0.15, 0.2) is 17.5 Å². The molecule has 1 aliphatic rings. The molecule has 3 rings (SSSR count). The number of tetrazole rings is 1. The fourth-order valence-corrected chi connectivity index (χ4v) is 2.69. The van der Waals surface area contributed by atoms with E-state index in [9.17, 15) is 13.6 Å². The average Bonchev–Trinajstić information content (AvgIpc) is 3.06. The number of benzene rings is 1. The first-order chi connectivity index (χ1) is 12.1. The molecular weight excluding hydrogens is 332 g/mol. The maximum atomic E-state index is 13.4. The lowest BCUT2D eigenvalue weighted by atomic mass is 10.3. The minimum absolute atomic E-state index is 0.0613. The van der Waals surface area contributed by atoms with Crippen LogP contribution in [0.5, 0.6) is 0 Å². The van der Waals surface area contributed by atoms with Gasteiger partial charge in [-0.15, -0.1) is 5.10 Å². The fraction of sp³-hybridized carbons (Fsp3) is 0.467. The molecule has 134 valence electrons. The van der Waals surface area contributed by atoms with Crippen molar-refractivity contribution in [1.82, 2.24) is 35.3 Å². The van der Waals surface area contributed by atoms with E-state index in [1.807, 2.05) is 6.92 Å². The second-order valence-electron chi connectivity index (χ2n) is 5.70. The normalized spacial score (nSPS) is 15.4. The van der Waals surface area contributed by atoms with Crippen molar-refractivity contribution in [2.45, 2.75) is 13.5 Å². The smallest absolute Gasteiger partial charge is 0.317 e. The summed E-state index contributed by atoms with van der Waals surface area (Å²) in [5.74, 6) is -1.34. The standard InChI is InChI=1S/C15H19F2N7O/c1-2-18-15(25)23-7-5-22(6-8-23)10-14-19-20-21-24(14)11-3-4-12(16)13(17)9-11/h3-4,9H,2,5-8,10H2,1H3,(H,18,25). The molecule has 1 aromatic carbocycles. The molecule has 8 nitrogen and oxygen atoms in total. The summed E-state index contributed by atoms with van der Waals surface area (Å²) in [4.78, 5) is 15.7. The maximum absolute atomic E-state index is 13.4. The van der Waals surface area contributed by atoms with Crippen molar-refractivity contribution >= 4 is 6.03 Å². The predicted octanol–water partition coefficient (Wildman–Crippen LogP) is 0.788. The summed E-state index contributed by atoms with van der Waals surface area (Å²) < 4.78 is 27.9. The highest BCUT2D eigenvalue weighted by atomic mass is 19.2. The second kappa shape index (κ2) is 7.51. The quantitative estimate of drug-likeness (QED) is 0.881. The number of carbonyl (C=O) groups excluding carboxylic acids is 1. The Kier molecular flexibility index (Phi) is 5.17. The van der Waals surface area contributed by atoms with Crippen molar-refractivity contribution < 1.29 is 13.6 Å². The van der Waals surface area contributed by atoms with Gasteiger partial charge in [0.05, 0.1) is 12.2 Å². The van der Waals surface area contributed by atoms with Crippen molar-refractivity contribution in [2.24, 2.45) is 0 Å². The number of nitrogens with zero attached hydrogens (tertiary/aromatic N) is 6. The Morgan fingerprint density at radius 1 is 1.20 bits per heavy atom. The van der Waals surface area contributed by atoms with Crippen molar-refractivity contribution in [1.29, 1.82) is 0 Å². The molecule has 0 atom stereocenters. The number of carbonyl (C=O) groups is 1. The molecule has 1 aromatic heterocycles. The van der Waals surface area contributed by atoms with Crippen LogP contribution in [0.25, 0.3) is 5.69 Å². The molecule has 1 fully saturated rings. The lowest BCUT2D eigenvalue weighted by Crippen LogP contribution is -2.51. The number of hydrogen-bond donors (Lipinski definition) is 1. The zero-order chi connectivity index (χ0) is 17.8. The summed E-state index contributed by atoms with van der Waals surface area (Å²) in [6, 6.07) is 3.46. The Morgan fingerprint density at radius 2 is 1.96 bits per heavy atom. The minimum atomic E-state index is -0.950. The van der Waals surface area contributed by atoms with Gasteiger partial charge >= 0.3 is 6.03 Å². The molecule has 25 heavy (non-hydrogen) atoms. The van der Waals surface area contributed by atoms with Crippen LogP contribution in [0, 0.1) is 11.6 Å². The number of rotatable bonds is 4. The number of piperazine rings is 1. The highest BCUT2D eigenvalue weighted by molar-refractivity contribution is 5.74. The van der Waals surface area contributed by atoms with Crippen LogP contribution in [0.3, 0.4) is 0 Å². The van der Waals surface area contributed by atoms with Crippen molar-refractivity contribution in [3.05, 3.63) is 35.7 Å². The Labute approximate surface area is 143 Å². The summed E-state index contributed by atoms with van der Waals surface area (Å²) >= 11 is 0. The Hall–Kier alpha value is -2.62. The van der Waals surface area contributed by atoms with Gasteiger partial charge in [-0.3, -0.25) is 4.90 Å². The molecule has 2 amide bonds. The Balaban J connectivity index is 1.64. The third-order valence-corrected chi connectivity index (χ3v) is 4.03. The fourth-order valence-electron chi connectivity index (χ4n) is 2.69. The van der Waals surface area contributed by atoms with E-state index in [0.29, 0.717) is 50.8 Å². The van der Waals surface area contributed by atoms with E-state index in [1.54, 1.807) is 4.90 Å². The van der Waals surface area contributed by atoms with E-state index in [2.05, 4.69) is 25.7 Å². The SMILES string of the molecule is CCNC(=O)N1CCN(Cc2nnnn2-c2ccc(F)c(F)c2)CC1. The van der Waals surface area contributed by atoms with Gasteiger partial charge in [-0.25, -0.2) is 13.6 Å². The molecule has 1 aliphatic heterocycles. The molecule has 0 unspecified atom stereocenters. The van der Waals surface area contributed by atoms with Gasteiger partial charge in [0.25, 0.3) is 0 Å². The summed E-state index contributed by atoms with van der Waals surface area (Å²) in [5, 5.41) is 14.2. The van der Waals surface area contributed by atoms with Gasteiger partial charge in [0.2, 0.25) is 0 Å². The summed E-state index contributed by atoms with van der Waals surface area (Å²) in [7, 11) is 0. The molecule has 2 aromatic rings. The van der Waals surface area contributed by atoms with Gasteiger partial charge in [0.1, 0.15) is 0 Å². The van der Waals surface area contributed by atoms with Crippen LogP contribution in [0.4, 0.5) is 13.6 Å². The largest absolute Gasteiger partial charge is 0.338 e. The van der Waals surface area contributed by atoms with E-state index in [0.717, 1.165) is 12.1 Å². The monoisotopic (exact) mass is 351 g/mol. The molecule has 0 saturated carbocycles. The van der Waals surface area contributed by atoms with Crippen LogP contribution in [-0.2, 0) is 6.54 Å². The third-order valence-electron chi connectivity index (χ3n) is 4.03. The number of halogens is 2. The predicted molar refractivity (Wildman–Crippen MR) is 85.0 cm³/mol. The van der Waals surface area contributed by atoms with Crippen molar-refractivity contribution in [3.63, 3.8) is 0 Å². The topological polar surface area (TPSA) is 79.2 Å². The summed E-state index contributed by atoms with van der Waals surface area (Å²) in [5.41, 5.74) is 0.361. The van der Waals surface area contributed by atoms with Gasteiger partial charge < -0.3 is 10.2 Å². The van der Waals surface area contributed by atoms with Crippen LogP contribution in [0.2, 0.25) is 0 Å². The van der Waals surface area contributed by atoms with Crippen LogP contribution in [0.1, 0.15) is 12.7 Å². The summed E-state index contributed by atoms with van der Waals surface area (Å²) in [6.07, 6.45) is 0.